The van der Waals surface area contributed by atoms with Crippen LogP contribution in [-0.2, 0) is 18.5 Å². The first-order valence-corrected chi connectivity index (χ1v) is 10.5. The molecule has 0 heterocycles. The minimum absolute atomic E-state index is 1.01. The van der Waals surface area contributed by atoms with Crippen LogP contribution in [0.25, 0.3) is 11.1 Å². The molecule has 0 spiro atoms. The molecule has 0 aliphatic carbocycles. The van der Waals surface area contributed by atoms with E-state index in [-0.39, 0.29) is 0 Å². The van der Waals surface area contributed by atoms with Gasteiger partial charge in [0.15, 0.2) is 0 Å². The first-order valence-electron chi connectivity index (χ1n) is 8.09. The van der Waals surface area contributed by atoms with Gasteiger partial charge in [0.25, 0.3) is 0 Å². The molecule has 3 atom stereocenters. The number of benzene rings is 2. The van der Waals surface area contributed by atoms with Gasteiger partial charge in [0.2, 0.25) is 0 Å². The summed E-state index contributed by atoms with van der Waals surface area (Å²) in [6, 6.07) is 15.6. The van der Waals surface area contributed by atoms with E-state index in [0.29, 0.717) is 0 Å². The summed E-state index contributed by atoms with van der Waals surface area (Å²) in [7, 11) is 8.41. The maximum absolute atomic E-state index is 2.82. The van der Waals surface area contributed by atoms with Crippen molar-refractivity contribution in [3.05, 3.63) is 59.2 Å². The molecule has 22 heavy (non-hydrogen) atoms. The summed E-state index contributed by atoms with van der Waals surface area (Å²) in [5.74, 6) is 0. The van der Waals surface area contributed by atoms with Crippen LogP contribution in [0.2, 0.25) is 0 Å². The van der Waals surface area contributed by atoms with Gasteiger partial charge in [-0.25, -0.2) is 0 Å². The molecule has 0 aliphatic heterocycles. The van der Waals surface area contributed by atoms with Gasteiger partial charge in [0, 0.05) is 0 Å². The van der Waals surface area contributed by atoms with Crippen molar-refractivity contribution >= 4 is 27.7 Å². The lowest BCUT2D eigenvalue weighted by atomic mass is 9.99. The van der Waals surface area contributed by atoms with Gasteiger partial charge in [0.05, 0.1) is 0 Å². The summed E-state index contributed by atoms with van der Waals surface area (Å²) in [5.41, 5.74) is 6.82. The molecule has 0 nitrogen and oxygen atoms in total. The van der Waals surface area contributed by atoms with E-state index < -0.39 is 0 Å². The Morgan fingerprint density at radius 2 is 1.23 bits per heavy atom. The van der Waals surface area contributed by atoms with Crippen LogP contribution in [0.4, 0.5) is 0 Å². The van der Waals surface area contributed by atoms with Gasteiger partial charge in [-0.15, -0.1) is 27.7 Å². The van der Waals surface area contributed by atoms with Crippen molar-refractivity contribution in [1.82, 2.24) is 0 Å². The first-order chi connectivity index (χ1) is 10.8. The van der Waals surface area contributed by atoms with E-state index in [0.717, 1.165) is 18.5 Å². The molecule has 0 amide bonds. The van der Waals surface area contributed by atoms with Crippen LogP contribution >= 0.6 is 27.7 Å². The van der Waals surface area contributed by atoms with Gasteiger partial charge in [-0.2, -0.15) is 0 Å². The van der Waals surface area contributed by atoms with Crippen molar-refractivity contribution < 1.29 is 0 Å². The van der Waals surface area contributed by atoms with Crippen LogP contribution in [0, 0.1) is 0 Å². The first kappa shape index (κ1) is 21.7. The van der Waals surface area contributed by atoms with Crippen LogP contribution in [0.1, 0.15) is 44.4 Å². The molecule has 0 aromatic heterocycles. The minimum Gasteiger partial charge on any atom is -0.133 e. The van der Waals surface area contributed by atoms with Gasteiger partial charge in [-0.3, -0.25) is 0 Å². The predicted molar refractivity (Wildman–Crippen MR) is 115 cm³/mol. The van der Waals surface area contributed by atoms with Crippen molar-refractivity contribution in [3.63, 3.8) is 0 Å². The SMILES string of the molecule is CC.CC.PCc1cccc(-c2ccc(CP)c(CP)c2)c1. The fourth-order valence-electron chi connectivity index (χ4n) is 2.07. The van der Waals surface area contributed by atoms with Gasteiger partial charge in [-0.05, 0) is 46.3 Å². The number of rotatable bonds is 4. The van der Waals surface area contributed by atoms with Gasteiger partial charge < -0.3 is 0 Å². The average Bonchev–Trinajstić information content (AvgIpc) is 2.64. The molecule has 2 aromatic rings. The van der Waals surface area contributed by atoms with Gasteiger partial charge in [-0.1, -0.05) is 70.2 Å². The Balaban J connectivity index is 0.00000102. The zero-order valence-electron chi connectivity index (χ0n) is 14.4. The normalized spacial score (nSPS) is 9.23. The molecular formula is C19H31P3. The highest BCUT2D eigenvalue weighted by molar-refractivity contribution is 7.16. The molecule has 0 fully saturated rings. The second kappa shape index (κ2) is 13.2. The van der Waals surface area contributed by atoms with Crippen molar-refractivity contribution in [2.24, 2.45) is 0 Å². The van der Waals surface area contributed by atoms with Crippen molar-refractivity contribution in [2.45, 2.75) is 46.2 Å². The lowest BCUT2D eigenvalue weighted by Crippen LogP contribution is -1.89. The van der Waals surface area contributed by atoms with Crippen LogP contribution in [0.3, 0.4) is 0 Å². The van der Waals surface area contributed by atoms with Gasteiger partial charge in [0.1, 0.15) is 0 Å². The van der Waals surface area contributed by atoms with E-state index in [9.17, 15) is 0 Å². The Morgan fingerprint density at radius 1 is 0.636 bits per heavy atom. The third-order valence-corrected chi connectivity index (χ3v) is 4.49. The zero-order chi connectivity index (χ0) is 17.0. The topological polar surface area (TPSA) is 0 Å². The van der Waals surface area contributed by atoms with Crippen LogP contribution in [-0.4, -0.2) is 0 Å². The Hall–Kier alpha value is -0.270. The number of hydrogen-bond acceptors (Lipinski definition) is 0. The fraction of sp³-hybridized carbons (Fsp3) is 0.368. The molecule has 0 radical (unpaired) electrons. The average molecular weight is 352 g/mol. The number of hydrogen-bond donors (Lipinski definition) is 0. The maximum atomic E-state index is 2.82. The van der Waals surface area contributed by atoms with E-state index in [1.54, 1.807) is 0 Å². The fourth-order valence-corrected chi connectivity index (χ4v) is 3.10. The Labute approximate surface area is 144 Å². The molecule has 0 saturated heterocycles. The maximum Gasteiger partial charge on any atom is -0.0125 e. The molecule has 0 bridgehead atoms. The van der Waals surface area contributed by atoms with Crippen LogP contribution < -0.4 is 0 Å². The Kier molecular flexibility index (Phi) is 13.0. The van der Waals surface area contributed by atoms with E-state index in [4.69, 9.17) is 0 Å². The van der Waals surface area contributed by atoms with E-state index >= 15 is 0 Å². The third-order valence-electron chi connectivity index (χ3n) is 3.14. The zero-order valence-corrected chi connectivity index (χ0v) is 17.9. The van der Waals surface area contributed by atoms with Crippen molar-refractivity contribution in [1.29, 1.82) is 0 Å². The van der Waals surface area contributed by atoms with E-state index in [1.807, 2.05) is 27.7 Å². The van der Waals surface area contributed by atoms with Crippen LogP contribution in [0.5, 0.6) is 0 Å². The molecule has 0 saturated carbocycles. The van der Waals surface area contributed by atoms with Crippen molar-refractivity contribution in [2.75, 3.05) is 0 Å². The molecule has 2 rings (SSSR count). The highest BCUT2D eigenvalue weighted by atomic mass is 31.0. The highest BCUT2D eigenvalue weighted by Crippen LogP contribution is 2.26. The molecule has 0 aliphatic rings. The smallest absolute Gasteiger partial charge is 0.0125 e. The minimum atomic E-state index is 1.01. The lowest BCUT2D eigenvalue weighted by Gasteiger charge is -2.10. The largest absolute Gasteiger partial charge is 0.133 e. The summed E-state index contributed by atoms with van der Waals surface area (Å²) in [6.07, 6.45) is 3.05. The third kappa shape index (κ3) is 6.46. The second-order valence-electron chi connectivity index (χ2n) is 4.30. The lowest BCUT2D eigenvalue weighted by molar-refractivity contribution is 1.28. The quantitative estimate of drug-likeness (QED) is 0.549. The molecule has 0 N–H and O–H groups in total. The summed E-state index contributed by atoms with van der Waals surface area (Å²) >= 11 is 0. The highest BCUT2D eigenvalue weighted by Gasteiger charge is 2.03. The predicted octanol–water partition coefficient (Wildman–Crippen LogP) is 6.53. The Morgan fingerprint density at radius 3 is 1.77 bits per heavy atom. The molecule has 3 unspecified atom stereocenters. The van der Waals surface area contributed by atoms with E-state index in [1.165, 1.54) is 27.8 Å². The molecule has 3 heteroatoms. The Bertz CT molecular complexity index is 536. The molecule has 122 valence electrons. The summed E-state index contributed by atoms with van der Waals surface area (Å²) in [4.78, 5) is 0. The van der Waals surface area contributed by atoms with Gasteiger partial charge >= 0.3 is 0 Å². The second-order valence-corrected chi connectivity index (χ2v) is 5.52. The summed E-state index contributed by atoms with van der Waals surface area (Å²) in [5, 5.41) is 0. The monoisotopic (exact) mass is 352 g/mol. The van der Waals surface area contributed by atoms with Crippen molar-refractivity contribution in [3.8, 4) is 11.1 Å². The molecule has 2 aromatic carbocycles. The van der Waals surface area contributed by atoms with E-state index in [2.05, 4.69) is 70.2 Å². The summed E-state index contributed by atoms with van der Waals surface area (Å²) in [6.45, 7) is 8.00. The standard InChI is InChI=1S/C15H19P3.2C2H6/c16-8-11-2-1-3-12(6-11)13-4-5-14(9-17)15(7-13)10-18;2*1-2/h1-7H,8-10,16-18H2;2*1-2H3. The van der Waals surface area contributed by atoms with Crippen LogP contribution in [0.15, 0.2) is 42.5 Å². The summed E-state index contributed by atoms with van der Waals surface area (Å²) < 4.78 is 0. The molecular weight excluding hydrogens is 321 g/mol.